The predicted octanol–water partition coefficient (Wildman–Crippen LogP) is 3.25. The fourth-order valence-corrected chi connectivity index (χ4v) is 1.60. The van der Waals surface area contributed by atoms with Crippen LogP contribution in [0.2, 0.25) is 5.02 Å². The quantitative estimate of drug-likeness (QED) is 0.789. The molecule has 2 aromatic heterocycles. The zero-order valence-corrected chi connectivity index (χ0v) is 9.42. The molecule has 0 N–H and O–H groups in total. The lowest BCUT2D eigenvalue weighted by molar-refractivity contribution is -0.141. The lowest BCUT2D eigenvalue weighted by Crippen LogP contribution is -2.09. The first-order valence-electron chi connectivity index (χ1n) is 4.64. The molecule has 3 nitrogen and oxygen atoms in total. The molecule has 0 unspecified atom stereocenters. The smallest absolute Gasteiger partial charge is 0.236 e. The summed E-state index contributed by atoms with van der Waals surface area (Å²) in [5.41, 5.74) is -0.904. The Labute approximate surface area is 99.8 Å². The Morgan fingerprint density at radius 3 is 2.59 bits per heavy atom. The number of hydrogen-bond donors (Lipinski definition) is 0. The van der Waals surface area contributed by atoms with Crippen molar-refractivity contribution in [2.24, 2.45) is 0 Å². The van der Waals surface area contributed by atoms with Crippen LogP contribution in [-0.4, -0.2) is 14.8 Å². The van der Waals surface area contributed by atoms with E-state index in [-0.39, 0.29) is 16.4 Å². The SMILES string of the molecule is Cc1cn(-c2ncccc2Cl)nc1C(F)(F)F. The van der Waals surface area contributed by atoms with Gasteiger partial charge in [-0.25, -0.2) is 9.67 Å². The fourth-order valence-electron chi connectivity index (χ4n) is 1.39. The maximum atomic E-state index is 12.5. The molecule has 17 heavy (non-hydrogen) atoms. The second kappa shape index (κ2) is 4.03. The molecule has 0 saturated heterocycles. The van der Waals surface area contributed by atoms with Crippen LogP contribution in [0.25, 0.3) is 5.82 Å². The van der Waals surface area contributed by atoms with E-state index in [1.54, 1.807) is 6.07 Å². The van der Waals surface area contributed by atoms with Gasteiger partial charge in [0, 0.05) is 18.0 Å². The van der Waals surface area contributed by atoms with Crippen molar-refractivity contribution >= 4 is 11.6 Å². The van der Waals surface area contributed by atoms with Gasteiger partial charge >= 0.3 is 6.18 Å². The van der Waals surface area contributed by atoms with E-state index in [4.69, 9.17) is 11.6 Å². The maximum Gasteiger partial charge on any atom is 0.435 e. The maximum absolute atomic E-state index is 12.5. The molecule has 7 heteroatoms. The molecule has 0 aliphatic carbocycles. The number of hydrogen-bond acceptors (Lipinski definition) is 2. The molecular weight excluding hydrogens is 255 g/mol. The molecule has 0 aliphatic heterocycles. The number of nitrogens with zero attached hydrogens (tertiary/aromatic N) is 3. The Morgan fingerprint density at radius 1 is 1.35 bits per heavy atom. The monoisotopic (exact) mass is 261 g/mol. The van der Waals surface area contributed by atoms with E-state index < -0.39 is 11.9 Å². The fraction of sp³-hybridized carbons (Fsp3) is 0.200. The molecule has 0 bridgehead atoms. The molecule has 2 aromatic rings. The van der Waals surface area contributed by atoms with Crippen molar-refractivity contribution in [1.82, 2.24) is 14.8 Å². The molecule has 90 valence electrons. The Bertz CT molecular complexity index is 548. The first kappa shape index (κ1) is 11.9. The summed E-state index contributed by atoms with van der Waals surface area (Å²) in [6, 6.07) is 3.13. The van der Waals surface area contributed by atoms with Crippen LogP contribution in [0.4, 0.5) is 13.2 Å². The number of aromatic nitrogens is 3. The highest BCUT2D eigenvalue weighted by atomic mass is 35.5. The van der Waals surface area contributed by atoms with E-state index in [2.05, 4.69) is 10.1 Å². The summed E-state index contributed by atoms with van der Waals surface area (Å²) in [6.07, 6.45) is -1.79. The minimum Gasteiger partial charge on any atom is -0.236 e. The zero-order valence-electron chi connectivity index (χ0n) is 8.66. The van der Waals surface area contributed by atoms with E-state index >= 15 is 0 Å². The van der Waals surface area contributed by atoms with Gasteiger partial charge in [-0.15, -0.1) is 0 Å². The van der Waals surface area contributed by atoms with Gasteiger partial charge in [0.1, 0.15) is 0 Å². The second-order valence-corrected chi connectivity index (χ2v) is 3.82. The van der Waals surface area contributed by atoms with Gasteiger partial charge in [0.2, 0.25) is 0 Å². The minimum atomic E-state index is -4.48. The van der Waals surface area contributed by atoms with Gasteiger partial charge in [-0.05, 0) is 19.1 Å². The Morgan fingerprint density at radius 2 is 2.06 bits per heavy atom. The summed E-state index contributed by atoms with van der Waals surface area (Å²) in [6.45, 7) is 1.34. The number of pyridine rings is 1. The van der Waals surface area contributed by atoms with Gasteiger partial charge in [-0.3, -0.25) is 0 Å². The van der Waals surface area contributed by atoms with Crippen LogP contribution < -0.4 is 0 Å². The van der Waals surface area contributed by atoms with Crippen LogP contribution in [0.5, 0.6) is 0 Å². The van der Waals surface area contributed by atoms with Crippen molar-refractivity contribution in [2.45, 2.75) is 13.1 Å². The normalized spacial score (nSPS) is 11.8. The molecular formula is C10H7ClF3N3. The highest BCUT2D eigenvalue weighted by Crippen LogP contribution is 2.31. The standard InChI is InChI=1S/C10H7ClF3N3/c1-6-5-17(16-8(6)10(12,13)14)9-7(11)3-2-4-15-9/h2-5H,1H3. The Kier molecular flexibility index (Phi) is 2.82. The van der Waals surface area contributed by atoms with Crippen LogP contribution in [-0.2, 0) is 6.18 Å². The van der Waals surface area contributed by atoms with Crippen molar-refractivity contribution in [3.05, 3.63) is 40.8 Å². The Hall–Kier alpha value is -1.56. The van der Waals surface area contributed by atoms with E-state index in [0.29, 0.717) is 0 Å². The summed E-state index contributed by atoms with van der Waals surface area (Å²) in [7, 11) is 0. The van der Waals surface area contributed by atoms with Crippen molar-refractivity contribution in [2.75, 3.05) is 0 Å². The van der Waals surface area contributed by atoms with Crippen molar-refractivity contribution in [3.63, 3.8) is 0 Å². The van der Waals surface area contributed by atoms with Gasteiger partial charge in [-0.2, -0.15) is 18.3 Å². The number of alkyl halides is 3. The average molecular weight is 262 g/mol. The summed E-state index contributed by atoms with van der Waals surface area (Å²) >= 11 is 5.83. The highest BCUT2D eigenvalue weighted by Gasteiger charge is 2.36. The van der Waals surface area contributed by atoms with E-state index in [1.165, 1.54) is 25.4 Å². The third-order valence-corrected chi connectivity index (χ3v) is 2.42. The van der Waals surface area contributed by atoms with Crippen LogP contribution in [0.1, 0.15) is 11.3 Å². The van der Waals surface area contributed by atoms with Crippen molar-refractivity contribution < 1.29 is 13.2 Å². The molecule has 0 fully saturated rings. The van der Waals surface area contributed by atoms with Crippen LogP contribution in [0.15, 0.2) is 24.5 Å². The average Bonchev–Trinajstić information content (AvgIpc) is 2.60. The van der Waals surface area contributed by atoms with Crippen molar-refractivity contribution in [3.8, 4) is 5.82 Å². The van der Waals surface area contributed by atoms with Gasteiger partial charge in [-0.1, -0.05) is 11.6 Å². The molecule has 0 atom stereocenters. The third-order valence-electron chi connectivity index (χ3n) is 2.12. The van der Waals surface area contributed by atoms with Crippen molar-refractivity contribution in [1.29, 1.82) is 0 Å². The van der Waals surface area contributed by atoms with Gasteiger partial charge in [0.15, 0.2) is 11.5 Å². The lowest BCUT2D eigenvalue weighted by atomic mass is 10.3. The molecule has 0 saturated carbocycles. The summed E-state index contributed by atoms with van der Waals surface area (Å²) < 4.78 is 38.7. The molecule has 2 heterocycles. The molecule has 0 spiro atoms. The topological polar surface area (TPSA) is 30.7 Å². The first-order chi connectivity index (χ1) is 7.89. The van der Waals surface area contributed by atoms with Gasteiger partial charge < -0.3 is 0 Å². The first-order valence-corrected chi connectivity index (χ1v) is 5.02. The predicted molar refractivity (Wildman–Crippen MR) is 56.1 cm³/mol. The summed E-state index contributed by atoms with van der Waals surface area (Å²) in [5, 5.41) is 3.70. The summed E-state index contributed by atoms with van der Waals surface area (Å²) in [4.78, 5) is 3.89. The molecule has 0 radical (unpaired) electrons. The number of halogens is 4. The minimum absolute atomic E-state index is 0.0271. The zero-order chi connectivity index (χ0) is 12.6. The molecule has 0 aromatic carbocycles. The summed E-state index contributed by atoms with van der Waals surface area (Å²) in [5.74, 6) is 0.174. The lowest BCUT2D eigenvalue weighted by Gasteiger charge is -2.03. The molecule has 0 aliphatic rings. The number of aryl methyl sites for hydroxylation is 1. The van der Waals surface area contributed by atoms with Gasteiger partial charge in [0.25, 0.3) is 0 Å². The second-order valence-electron chi connectivity index (χ2n) is 3.41. The number of rotatable bonds is 1. The van der Waals surface area contributed by atoms with Crippen LogP contribution in [0, 0.1) is 6.92 Å². The van der Waals surface area contributed by atoms with Crippen LogP contribution in [0.3, 0.4) is 0 Å². The highest BCUT2D eigenvalue weighted by molar-refractivity contribution is 6.32. The van der Waals surface area contributed by atoms with E-state index in [1.807, 2.05) is 0 Å². The Balaban J connectivity index is 2.53. The largest absolute Gasteiger partial charge is 0.435 e. The van der Waals surface area contributed by atoms with Crippen LogP contribution >= 0.6 is 11.6 Å². The van der Waals surface area contributed by atoms with Gasteiger partial charge in [0.05, 0.1) is 5.02 Å². The third kappa shape index (κ3) is 2.26. The molecule has 2 rings (SSSR count). The van der Waals surface area contributed by atoms with E-state index in [9.17, 15) is 13.2 Å². The molecule has 0 amide bonds. The van der Waals surface area contributed by atoms with E-state index in [0.717, 1.165) is 4.68 Å².